The van der Waals surface area contributed by atoms with E-state index in [1.807, 2.05) is 0 Å². The van der Waals surface area contributed by atoms with Crippen LogP contribution in [0.3, 0.4) is 0 Å². The molecule has 0 bridgehead atoms. The molecule has 0 heterocycles. The maximum absolute atomic E-state index is 13.7. The molecule has 8 heteroatoms. The van der Waals surface area contributed by atoms with Crippen LogP contribution in [-0.4, -0.2) is 51.9 Å². The first kappa shape index (κ1) is 20.9. The van der Waals surface area contributed by atoms with Gasteiger partial charge in [0.05, 0.1) is 43.9 Å². The lowest BCUT2D eigenvalue weighted by molar-refractivity contribution is -0.156. The van der Waals surface area contributed by atoms with E-state index in [0.29, 0.717) is 0 Å². The van der Waals surface area contributed by atoms with Crippen LogP contribution < -0.4 is 0 Å². The Hall–Kier alpha value is -0.0600. The fourth-order valence-corrected chi connectivity index (χ4v) is 3.19. The molecule has 0 rings (SSSR count). The molecule has 0 nitrogen and oxygen atoms in total. The molecule has 0 fully saturated rings. The Bertz CT molecular complexity index is 310. The lowest BCUT2D eigenvalue weighted by atomic mass is 9.49. The van der Waals surface area contributed by atoms with Crippen molar-refractivity contribution < 1.29 is 30.7 Å². The summed E-state index contributed by atoms with van der Waals surface area (Å²) in [6.45, 7) is -8.90. The molecular weight excluding hydrogens is 320 g/mol. The summed E-state index contributed by atoms with van der Waals surface area (Å²) < 4.78 is 94.5. The van der Waals surface area contributed by atoms with E-state index in [2.05, 4.69) is 0 Å². The van der Waals surface area contributed by atoms with Crippen molar-refractivity contribution in [2.45, 2.75) is 19.0 Å². The highest BCUT2D eigenvalue weighted by Gasteiger charge is 2.67. The summed E-state index contributed by atoms with van der Waals surface area (Å²) >= 11 is 0. The Balaban J connectivity index is 6.48. The van der Waals surface area contributed by atoms with E-state index in [1.165, 1.54) is 0 Å². The number of alkyl halides is 7. The third kappa shape index (κ3) is 2.79. The summed E-state index contributed by atoms with van der Waals surface area (Å²) in [7, 11) is 1.64. The minimum Gasteiger partial charge on any atom is -0.250 e. The first-order valence-corrected chi connectivity index (χ1v) is 6.96. The Morgan fingerprint density at radius 2 is 0.905 bits per heavy atom. The summed E-state index contributed by atoms with van der Waals surface area (Å²) in [5.41, 5.74) is -7.05. The highest BCUT2D eigenvalue weighted by molar-refractivity contribution is 7.19. The molecule has 0 aliphatic carbocycles. The molecule has 1 unspecified atom stereocenters. The number of rotatable bonds is 10. The van der Waals surface area contributed by atoms with Gasteiger partial charge in [0, 0.05) is 10.8 Å². The van der Waals surface area contributed by atoms with Gasteiger partial charge in [0.25, 0.3) is 0 Å². The van der Waals surface area contributed by atoms with Crippen molar-refractivity contribution in [1.29, 1.82) is 0 Å². The summed E-state index contributed by atoms with van der Waals surface area (Å²) in [5.74, 6) is 0. The molecule has 0 aliphatic rings. The van der Waals surface area contributed by atoms with Crippen LogP contribution in [0, 0.1) is 16.2 Å². The first-order valence-electron chi connectivity index (χ1n) is 6.38. The van der Waals surface area contributed by atoms with Gasteiger partial charge in [-0.1, -0.05) is 13.8 Å². The van der Waals surface area contributed by atoms with Crippen LogP contribution in [0.5, 0.6) is 0 Å². The molecule has 0 radical (unpaired) electrons. The van der Waals surface area contributed by atoms with Crippen molar-refractivity contribution in [3.05, 3.63) is 0 Å². The van der Waals surface area contributed by atoms with Gasteiger partial charge in [-0.3, -0.25) is 22.0 Å². The van der Waals surface area contributed by atoms with Crippen molar-refractivity contribution in [3.63, 3.8) is 0 Å². The number of hydrogen-bond donors (Lipinski definition) is 0. The molecule has 0 aromatic rings. The van der Waals surface area contributed by atoms with Gasteiger partial charge in [-0.2, -0.15) is 0 Å². The van der Waals surface area contributed by atoms with Crippen molar-refractivity contribution >= 4 is 9.24 Å². The average molecular weight is 342 g/mol. The molecule has 0 amide bonds. The quantitative estimate of drug-likeness (QED) is 0.408. The zero-order chi connectivity index (χ0) is 16.9. The maximum Gasteiger partial charge on any atom is 0.102 e. The average Bonchev–Trinajstić information content (AvgIpc) is 2.51. The topological polar surface area (TPSA) is 0 Å². The van der Waals surface area contributed by atoms with E-state index in [1.54, 1.807) is 9.24 Å². The highest BCUT2D eigenvalue weighted by atomic mass is 31.0. The fourth-order valence-electron chi connectivity index (χ4n) is 2.75. The molecule has 0 aromatic carbocycles. The zero-order valence-corrected chi connectivity index (χ0v) is 13.3. The third-order valence-corrected chi connectivity index (χ3v) is 5.75. The van der Waals surface area contributed by atoms with Crippen LogP contribution in [0.2, 0.25) is 0 Å². The summed E-state index contributed by atoms with van der Waals surface area (Å²) in [6.07, 6.45) is 0. The molecule has 0 saturated heterocycles. The predicted octanol–water partition coefficient (Wildman–Crippen LogP) is 4.39. The van der Waals surface area contributed by atoms with E-state index >= 15 is 0 Å². The Kier molecular flexibility index (Phi) is 7.45. The fraction of sp³-hybridized carbons (Fsp3) is 1.00. The molecule has 0 spiro atoms. The van der Waals surface area contributed by atoms with E-state index < -0.39 is 68.1 Å². The summed E-state index contributed by atoms with van der Waals surface area (Å²) in [5, 5.41) is -2.37. The monoisotopic (exact) mass is 342 g/mol. The number of hydrogen-bond acceptors (Lipinski definition) is 0. The van der Waals surface area contributed by atoms with Crippen molar-refractivity contribution in [2.24, 2.45) is 16.2 Å². The van der Waals surface area contributed by atoms with Crippen molar-refractivity contribution in [1.82, 2.24) is 0 Å². The van der Waals surface area contributed by atoms with E-state index in [-0.39, 0.29) is 0 Å². The highest BCUT2D eigenvalue weighted by Crippen LogP contribution is 2.60. The molecule has 0 saturated carbocycles. The smallest absolute Gasteiger partial charge is 0.102 e. The second-order valence-electron chi connectivity index (χ2n) is 6.14. The summed E-state index contributed by atoms with van der Waals surface area (Å²) in [4.78, 5) is 0. The van der Waals surface area contributed by atoms with Gasteiger partial charge in [0.15, 0.2) is 0 Å². The van der Waals surface area contributed by atoms with E-state index in [0.717, 1.165) is 13.8 Å². The van der Waals surface area contributed by atoms with Gasteiger partial charge in [-0.25, -0.2) is 8.78 Å². The molecule has 128 valence electrons. The van der Waals surface area contributed by atoms with Crippen LogP contribution in [0.4, 0.5) is 30.7 Å². The van der Waals surface area contributed by atoms with E-state index in [9.17, 15) is 30.7 Å². The third-order valence-electron chi connectivity index (χ3n) is 4.89. The molecule has 0 N–H and O–H groups in total. The Morgan fingerprint density at radius 3 is 1.10 bits per heavy atom. The van der Waals surface area contributed by atoms with Gasteiger partial charge in [-0.15, -0.1) is 9.24 Å². The Labute approximate surface area is 123 Å². The molecule has 1 atom stereocenters. The van der Waals surface area contributed by atoms with Gasteiger partial charge in [-0.05, 0) is 0 Å². The normalized spacial score (nSPS) is 14.6. The zero-order valence-electron chi connectivity index (χ0n) is 12.2. The SMILES string of the molecule is CC(C)(CF)C(CF)(CF)C(CF)(CF)C(P)(CF)CF. The minimum atomic E-state index is -2.67. The standard InChI is InChI=1S/C13H22F7P/c1-10(2,3-14)11(4-15,5-16)12(6-17,7-18)13(21,8-19)9-20/h3-9,21H2,1-2H3. The van der Waals surface area contributed by atoms with Gasteiger partial charge >= 0.3 is 0 Å². The van der Waals surface area contributed by atoms with E-state index in [4.69, 9.17) is 0 Å². The molecule has 0 aromatic heterocycles. The first-order chi connectivity index (χ1) is 9.67. The van der Waals surface area contributed by atoms with Gasteiger partial charge in [0.1, 0.15) is 13.3 Å². The maximum atomic E-state index is 13.7. The second-order valence-corrected chi connectivity index (χ2v) is 7.24. The van der Waals surface area contributed by atoms with Crippen LogP contribution in [0.15, 0.2) is 0 Å². The van der Waals surface area contributed by atoms with Crippen LogP contribution in [0.1, 0.15) is 13.8 Å². The van der Waals surface area contributed by atoms with Gasteiger partial charge < -0.3 is 0 Å². The number of halogens is 7. The lowest BCUT2D eigenvalue weighted by Crippen LogP contribution is -2.67. The minimum absolute atomic E-state index is 1.09. The van der Waals surface area contributed by atoms with Crippen LogP contribution >= 0.6 is 9.24 Å². The Morgan fingerprint density at radius 1 is 0.571 bits per heavy atom. The lowest BCUT2D eigenvalue weighted by Gasteiger charge is -2.58. The van der Waals surface area contributed by atoms with Crippen molar-refractivity contribution in [2.75, 3.05) is 46.7 Å². The van der Waals surface area contributed by atoms with Crippen LogP contribution in [-0.2, 0) is 0 Å². The predicted molar refractivity (Wildman–Crippen MR) is 72.9 cm³/mol. The largest absolute Gasteiger partial charge is 0.250 e. The molecule has 0 aliphatic heterocycles. The molecule has 21 heavy (non-hydrogen) atoms. The summed E-state index contributed by atoms with van der Waals surface area (Å²) in [6, 6.07) is 0. The second kappa shape index (κ2) is 7.47. The van der Waals surface area contributed by atoms with Crippen molar-refractivity contribution in [3.8, 4) is 0 Å². The van der Waals surface area contributed by atoms with Crippen LogP contribution in [0.25, 0.3) is 0 Å². The molecular formula is C13H22F7P. The van der Waals surface area contributed by atoms with Gasteiger partial charge in [0.2, 0.25) is 0 Å².